The molecule has 0 saturated heterocycles. The Bertz CT molecular complexity index is 793. The first-order valence-electron chi connectivity index (χ1n) is 8.56. The largest absolute Gasteiger partial charge is 0.481 e. The lowest BCUT2D eigenvalue weighted by Gasteiger charge is -2.25. The molecule has 0 radical (unpaired) electrons. The Hall–Kier alpha value is -1.90. The standard InChI is InChI=1S/C19H24IN3O3/c1-5-16(18(24)23-19(3,4)12-21-25-6-2)26-14-8-9-15-13(11-14)7-10-17(20)22-15/h7-12,16H,5-6H2,1-4H3,(H,23,24)/b21-12+. The number of rotatable bonds is 8. The third-order valence-electron chi connectivity index (χ3n) is 3.59. The summed E-state index contributed by atoms with van der Waals surface area (Å²) in [6, 6.07) is 9.57. The van der Waals surface area contributed by atoms with Crippen LogP contribution in [0.5, 0.6) is 5.75 Å². The van der Waals surface area contributed by atoms with Crippen LogP contribution in [0, 0.1) is 3.70 Å². The zero-order valence-corrected chi connectivity index (χ0v) is 17.6. The van der Waals surface area contributed by atoms with Crippen molar-refractivity contribution >= 4 is 45.6 Å². The van der Waals surface area contributed by atoms with Gasteiger partial charge in [-0.2, -0.15) is 0 Å². The van der Waals surface area contributed by atoms with Gasteiger partial charge in [-0.3, -0.25) is 4.79 Å². The molecule has 0 aliphatic rings. The fourth-order valence-electron chi connectivity index (χ4n) is 2.31. The molecule has 140 valence electrons. The van der Waals surface area contributed by atoms with Crippen molar-refractivity contribution in [2.45, 2.75) is 45.8 Å². The quantitative estimate of drug-likeness (QED) is 0.276. The third kappa shape index (κ3) is 5.82. The molecule has 1 N–H and O–H groups in total. The van der Waals surface area contributed by atoms with Gasteiger partial charge in [-0.05, 0) is 74.0 Å². The number of ether oxygens (including phenoxy) is 1. The van der Waals surface area contributed by atoms with Gasteiger partial charge in [-0.1, -0.05) is 18.1 Å². The van der Waals surface area contributed by atoms with E-state index in [2.05, 4.69) is 38.0 Å². The van der Waals surface area contributed by atoms with Gasteiger partial charge in [0.05, 0.1) is 17.3 Å². The van der Waals surface area contributed by atoms with Gasteiger partial charge in [0.1, 0.15) is 16.1 Å². The predicted octanol–water partition coefficient (Wildman–Crippen LogP) is 3.91. The Labute approximate surface area is 167 Å². The molecule has 1 atom stereocenters. The number of carbonyl (C=O) groups is 1. The van der Waals surface area contributed by atoms with E-state index in [0.29, 0.717) is 18.8 Å². The van der Waals surface area contributed by atoms with Crippen molar-refractivity contribution in [2.75, 3.05) is 6.61 Å². The van der Waals surface area contributed by atoms with Gasteiger partial charge >= 0.3 is 0 Å². The summed E-state index contributed by atoms with van der Waals surface area (Å²) in [6.45, 7) is 7.95. The molecule has 0 bridgehead atoms. The van der Waals surface area contributed by atoms with E-state index in [4.69, 9.17) is 9.57 Å². The molecule has 0 saturated carbocycles. The van der Waals surface area contributed by atoms with Crippen molar-refractivity contribution in [3.63, 3.8) is 0 Å². The Morgan fingerprint density at radius 2 is 2.12 bits per heavy atom. The molecule has 2 aromatic rings. The molecule has 26 heavy (non-hydrogen) atoms. The number of amides is 1. The minimum Gasteiger partial charge on any atom is -0.481 e. The van der Waals surface area contributed by atoms with E-state index in [1.54, 1.807) is 6.21 Å². The van der Waals surface area contributed by atoms with E-state index in [9.17, 15) is 4.79 Å². The van der Waals surface area contributed by atoms with Crippen LogP contribution in [0.25, 0.3) is 10.9 Å². The highest BCUT2D eigenvalue weighted by molar-refractivity contribution is 14.1. The summed E-state index contributed by atoms with van der Waals surface area (Å²) in [5.41, 5.74) is 0.266. The number of hydrogen-bond donors (Lipinski definition) is 1. The second-order valence-electron chi connectivity index (χ2n) is 6.37. The summed E-state index contributed by atoms with van der Waals surface area (Å²) in [5, 5.41) is 7.74. The number of nitrogens with one attached hydrogen (secondary N) is 1. The average Bonchev–Trinajstić information content (AvgIpc) is 2.59. The van der Waals surface area contributed by atoms with Gasteiger partial charge in [-0.15, -0.1) is 0 Å². The molecule has 7 heteroatoms. The summed E-state index contributed by atoms with van der Waals surface area (Å²) in [7, 11) is 0. The maximum Gasteiger partial charge on any atom is 0.261 e. The lowest BCUT2D eigenvalue weighted by molar-refractivity contribution is -0.129. The van der Waals surface area contributed by atoms with Crippen LogP contribution in [-0.4, -0.2) is 35.4 Å². The number of halogens is 1. The van der Waals surface area contributed by atoms with Crippen LogP contribution in [0.1, 0.15) is 34.1 Å². The number of aromatic nitrogens is 1. The molecule has 2 rings (SSSR count). The summed E-state index contributed by atoms with van der Waals surface area (Å²) in [6.07, 6.45) is 1.53. The Kier molecular flexibility index (Phi) is 7.19. The average molecular weight is 469 g/mol. The van der Waals surface area contributed by atoms with Gasteiger partial charge in [0.25, 0.3) is 5.91 Å². The molecule has 1 aromatic carbocycles. The minimum atomic E-state index is -0.632. The Morgan fingerprint density at radius 3 is 2.81 bits per heavy atom. The zero-order valence-electron chi connectivity index (χ0n) is 15.5. The molecule has 1 heterocycles. The molecule has 1 unspecified atom stereocenters. The fourth-order valence-corrected chi connectivity index (χ4v) is 2.75. The molecule has 1 amide bonds. The van der Waals surface area contributed by atoms with E-state index in [0.717, 1.165) is 14.6 Å². The molecule has 0 aliphatic carbocycles. The van der Waals surface area contributed by atoms with Crippen molar-refractivity contribution in [1.29, 1.82) is 0 Å². The van der Waals surface area contributed by atoms with E-state index in [1.165, 1.54) is 0 Å². The minimum absolute atomic E-state index is 0.193. The lowest BCUT2D eigenvalue weighted by Crippen LogP contribution is -2.50. The van der Waals surface area contributed by atoms with Gasteiger partial charge in [0, 0.05) is 5.39 Å². The van der Waals surface area contributed by atoms with Crippen molar-refractivity contribution in [2.24, 2.45) is 5.16 Å². The third-order valence-corrected chi connectivity index (χ3v) is 4.19. The van der Waals surface area contributed by atoms with Gasteiger partial charge in [0.2, 0.25) is 0 Å². The van der Waals surface area contributed by atoms with Crippen LogP contribution in [0.2, 0.25) is 0 Å². The molecule has 0 aliphatic heterocycles. The van der Waals surface area contributed by atoms with Crippen LogP contribution >= 0.6 is 22.6 Å². The Morgan fingerprint density at radius 1 is 1.35 bits per heavy atom. The van der Waals surface area contributed by atoms with E-state index in [1.807, 2.05) is 58.0 Å². The highest BCUT2D eigenvalue weighted by Crippen LogP contribution is 2.22. The molecular weight excluding hydrogens is 445 g/mol. The Balaban J connectivity index is 2.08. The predicted molar refractivity (Wildman–Crippen MR) is 112 cm³/mol. The highest BCUT2D eigenvalue weighted by atomic mass is 127. The smallest absolute Gasteiger partial charge is 0.261 e. The van der Waals surface area contributed by atoms with Crippen LogP contribution in [0.4, 0.5) is 0 Å². The van der Waals surface area contributed by atoms with Gasteiger partial charge < -0.3 is 14.9 Å². The first-order valence-corrected chi connectivity index (χ1v) is 9.64. The van der Waals surface area contributed by atoms with E-state index < -0.39 is 11.6 Å². The van der Waals surface area contributed by atoms with Gasteiger partial charge in [0.15, 0.2) is 6.10 Å². The first kappa shape index (κ1) is 20.4. The number of benzene rings is 1. The fraction of sp³-hybridized carbons (Fsp3) is 0.421. The monoisotopic (exact) mass is 469 g/mol. The summed E-state index contributed by atoms with van der Waals surface area (Å²) < 4.78 is 6.85. The lowest BCUT2D eigenvalue weighted by atomic mass is 10.1. The topological polar surface area (TPSA) is 72.8 Å². The first-order chi connectivity index (χ1) is 12.3. The molecule has 0 fully saturated rings. The molecule has 0 spiro atoms. The molecule has 1 aromatic heterocycles. The second-order valence-corrected chi connectivity index (χ2v) is 7.47. The van der Waals surface area contributed by atoms with Crippen molar-refractivity contribution in [3.8, 4) is 5.75 Å². The zero-order chi connectivity index (χ0) is 19.2. The summed E-state index contributed by atoms with van der Waals surface area (Å²) >= 11 is 2.18. The summed E-state index contributed by atoms with van der Waals surface area (Å²) in [5.74, 6) is 0.449. The SMILES string of the molecule is CCO/N=C/C(C)(C)NC(=O)C(CC)Oc1ccc2nc(I)ccc2c1. The number of fused-ring (bicyclic) bond motifs is 1. The molecular formula is C19H24IN3O3. The second kappa shape index (κ2) is 9.16. The van der Waals surface area contributed by atoms with Crippen molar-refractivity contribution in [3.05, 3.63) is 34.0 Å². The maximum absolute atomic E-state index is 12.6. The van der Waals surface area contributed by atoms with Crippen LogP contribution in [0.3, 0.4) is 0 Å². The maximum atomic E-state index is 12.6. The number of carbonyl (C=O) groups excluding carboxylic acids is 1. The normalized spacial score (nSPS) is 13.0. The molecule has 6 nitrogen and oxygen atoms in total. The van der Waals surface area contributed by atoms with Crippen LogP contribution < -0.4 is 10.1 Å². The van der Waals surface area contributed by atoms with Crippen molar-refractivity contribution in [1.82, 2.24) is 10.3 Å². The van der Waals surface area contributed by atoms with E-state index in [-0.39, 0.29) is 5.91 Å². The number of hydrogen-bond acceptors (Lipinski definition) is 5. The van der Waals surface area contributed by atoms with Crippen molar-refractivity contribution < 1.29 is 14.4 Å². The van der Waals surface area contributed by atoms with Crippen LogP contribution in [0.15, 0.2) is 35.5 Å². The highest BCUT2D eigenvalue weighted by Gasteiger charge is 2.25. The number of oxime groups is 1. The van der Waals surface area contributed by atoms with Gasteiger partial charge in [-0.25, -0.2) is 4.98 Å². The van der Waals surface area contributed by atoms with Crippen LogP contribution in [-0.2, 0) is 9.63 Å². The van der Waals surface area contributed by atoms with E-state index >= 15 is 0 Å². The number of nitrogens with zero attached hydrogens (tertiary/aromatic N) is 2. The summed E-state index contributed by atoms with van der Waals surface area (Å²) in [4.78, 5) is 22.0. The number of pyridine rings is 1.